The Hall–Kier alpha value is -2.83. The van der Waals surface area contributed by atoms with E-state index in [1.54, 1.807) is 9.80 Å². The van der Waals surface area contributed by atoms with Crippen LogP contribution < -0.4 is 0 Å². The zero-order valence-electron chi connectivity index (χ0n) is 18.9. The van der Waals surface area contributed by atoms with E-state index in [-0.39, 0.29) is 30.5 Å². The molecule has 1 aromatic heterocycles. The van der Waals surface area contributed by atoms with Crippen LogP contribution in [0.3, 0.4) is 0 Å². The third kappa shape index (κ3) is 4.02. The lowest BCUT2D eigenvalue weighted by Crippen LogP contribution is -2.63. The number of para-hydroxylation sites is 1. The highest BCUT2D eigenvalue weighted by Gasteiger charge is 2.48. The molecule has 2 aliphatic heterocycles. The van der Waals surface area contributed by atoms with Crippen LogP contribution in [0.2, 0.25) is 5.02 Å². The molecule has 1 saturated heterocycles. The highest BCUT2D eigenvalue weighted by atomic mass is 35.5. The number of ether oxygens (including phenoxy) is 1. The quantitative estimate of drug-likeness (QED) is 0.551. The Kier molecular flexibility index (Phi) is 5.89. The first kappa shape index (κ1) is 22.0. The molecule has 0 spiro atoms. The van der Waals surface area contributed by atoms with Gasteiger partial charge in [-0.15, -0.1) is 0 Å². The highest BCUT2D eigenvalue weighted by molar-refractivity contribution is 6.30. The molecule has 2 atom stereocenters. The minimum Gasteiger partial charge on any atom is -0.379 e. The maximum atomic E-state index is 13.6. The number of halogens is 1. The second-order valence-electron chi connectivity index (χ2n) is 9.07. The van der Waals surface area contributed by atoms with Gasteiger partial charge in [-0.2, -0.15) is 0 Å². The van der Waals surface area contributed by atoms with E-state index >= 15 is 0 Å². The number of aromatic amines is 1. The average Bonchev–Trinajstić information content (AvgIpc) is 3.17. The molecule has 172 valence electrons. The Balaban J connectivity index is 1.52. The van der Waals surface area contributed by atoms with Crippen molar-refractivity contribution in [1.82, 2.24) is 14.8 Å². The zero-order chi connectivity index (χ0) is 23.1. The summed E-state index contributed by atoms with van der Waals surface area (Å²) in [4.78, 5) is 34.1. The first-order valence-corrected chi connectivity index (χ1v) is 11.9. The summed E-state index contributed by atoms with van der Waals surface area (Å²) in [6.45, 7) is 5.17. The van der Waals surface area contributed by atoms with Crippen LogP contribution in [-0.2, 0) is 20.7 Å². The molecule has 33 heavy (non-hydrogen) atoms. The normalized spacial score (nSPS) is 20.5. The summed E-state index contributed by atoms with van der Waals surface area (Å²) in [5, 5.41) is 1.74. The molecule has 2 aromatic carbocycles. The van der Waals surface area contributed by atoms with Crippen molar-refractivity contribution in [1.29, 1.82) is 0 Å². The van der Waals surface area contributed by atoms with Crippen LogP contribution in [0.5, 0.6) is 0 Å². The maximum absolute atomic E-state index is 13.6. The number of hydrogen-bond acceptors (Lipinski definition) is 3. The van der Waals surface area contributed by atoms with Gasteiger partial charge in [0.1, 0.15) is 6.04 Å². The van der Waals surface area contributed by atoms with Crippen molar-refractivity contribution in [3.63, 3.8) is 0 Å². The number of carbonyl (C=O) groups excluding carboxylic acids is 2. The van der Waals surface area contributed by atoms with Gasteiger partial charge >= 0.3 is 0 Å². The SMILES string of the molecule is CC(C)OCCCN1CC(=O)N2C(Cc3c([nH]c4ccccc34)C2c2ccc(Cl)cc2)C1=O. The van der Waals surface area contributed by atoms with Crippen molar-refractivity contribution in [3.05, 3.63) is 70.4 Å². The lowest BCUT2D eigenvalue weighted by molar-refractivity contribution is -0.158. The minimum atomic E-state index is -0.523. The number of carbonyl (C=O) groups is 2. The van der Waals surface area contributed by atoms with Crippen molar-refractivity contribution < 1.29 is 14.3 Å². The van der Waals surface area contributed by atoms with Crippen molar-refractivity contribution in [2.45, 2.75) is 44.9 Å². The largest absolute Gasteiger partial charge is 0.379 e. The highest BCUT2D eigenvalue weighted by Crippen LogP contribution is 2.42. The van der Waals surface area contributed by atoms with Crippen LogP contribution in [0.25, 0.3) is 10.9 Å². The van der Waals surface area contributed by atoms with Crippen molar-refractivity contribution >= 4 is 34.3 Å². The molecule has 5 rings (SSSR count). The first-order valence-electron chi connectivity index (χ1n) is 11.5. The van der Waals surface area contributed by atoms with Gasteiger partial charge in [0, 0.05) is 41.2 Å². The van der Waals surface area contributed by atoms with E-state index in [1.165, 1.54) is 0 Å². The molecular weight excluding hydrogens is 438 g/mol. The van der Waals surface area contributed by atoms with Gasteiger partial charge in [-0.25, -0.2) is 0 Å². The fourth-order valence-electron chi connectivity index (χ4n) is 5.08. The molecule has 0 saturated carbocycles. The first-order chi connectivity index (χ1) is 15.9. The minimum absolute atomic E-state index is 0.00837. The van der Waals surface area contributed by atoms with Gasteiger partial charge in [0.05, 0.1) is 18.7 Å². The lowest BCUT2D eigenvalue weighted by atomic mass is 9.86. The number of amides is 2. The molecular formula is C26H28ClN3O3. The Morgan fingerprint density at radius 1 is 1.12 bits per heavy atom. The topological polar surface area (TPSA) is 65.6 Å². The summed E-state index contributed by atoms with van der Waals surface area (Å²) in [6, 6.07) is 14.8. The number of hydrogen-bond donors (Lipinski definition) is 1. The molecule has 6 nitrogen and oxygen atoms in total. The van der Waals surface area contributed by atoms with Crippen LogP contribution in [0.15, 0.2) is 48.5 Å². The van der Waals surface area contributed by atoms with Crippen LogP contribution >= 0.6 is 11.6 Å². The number of fused-ring (bicyclic) bond motifs is 4. The number of nitrogens with one attached hydrogen (secondary N) is 1. The number of nitrogens with zero attached hydrogens (tertiary/aromatic N) is 2. The standard InChI is InChI=1S/C26H28ClN3O3/c1-16(2)33-13-5-12-29-15-23(31)30-22(26(29)32)14-20-19-6-3-4-7-21(19)28-24(20)25(30)17-8-10-18(27)11-9-17/h3-4,6-11,16,22,25,28H,5,12-15H2,1-2H3. The van der Waals surface area contributed by atoms with Gasteiger partial charge < -0.3 is 19.5 Å². The van der Waals surface area contributed by atoms with Crippen LogP contribution in [0, 0.1) is 0 Å². The van der Waals surface area contributed by atoms with Gasteiger partial charge in [0.2, 0.25) is 11.8 Å². The maximum Gasteiger partial charge on any atom is 0.246 e. The predicted octanol–water partition coefficient (Wildman–Crippen LogP) is 4.32. The van der Waals surface area contributed by atoms with E-state index in [1.807, 2.05) is 56.3 Å². The predicted molar refractivity (Wildman–Crippen MR) is 128 cm³/mol. The fraction of sp³-hybridized carbons (Fsp3) is 0.385. The monoisotopic (exact) mass is 465 g/mol. The Morgan fingerprint density at radius 3 is 2.64 bits per heavy atom. The second kappa shape index (κ2) is 8.84. The van der Waals surface area contributed by atoms with Gasteiger partial charge in [0.15, 0.2) is 0 Å². The third-order valence-electron chi connectivity index (χ3n) is 6.55. The molecule has 1 fully saturated rings. The Labute approximate surface area is 198 Å². The van der Waals surface area contributed by atoms with Gasteiger partial charge in [0.25, 0.3) is 0 Å². The van der Waals surface area contributed by atoms with Gasteiger partial charge in [-0.05, 0) is 49.6 Å². The lowest BCUT2D eigenvalue weighted by Gasteiger charge is -2.47. The number of benzene rings is 2. The van der Waals surface area contributed by atoms with E-state index < -0.39 is 6.04 Å². The number of aromatic nitrogens is 1. The fourth-order valence-corrected chi connectivity index (χ4v) is 5.20. The molecule has 3 aromatic rings. The molecule has 3 heterocycles. The Morgan fingerprint density at radius 2 is 1.88 bits per heavy atom. The van der Waals surface area contributed by atoms with Crippen LogP contribution in [0.1, 0.15) is 43.1 Å². The molecule has 0 aliphatic carbocycles. The number of piperazine rings is 1. The molecule has 0 bridgehead atoms. The Bertz CT molecular complexity index is 1190. The molecule has 2 aliphatic rings. The second-order valence-corrected chi connectivity index (χ2v) is 9.51. The van der Waals surface area contributed by atoms with Crippen molar-refractivity contribution in [3.8, 4) is 0 Å². The number of rotatable bonds is 6. The summed E-state index contributed by atoms with van der Waals surface area (Å²) >= 11 is 6.14. The summed E-state index contributed by atoms with van der Waals surface area (Å²) < 4.78 is 5.62. The molecule has 7 heteroatoms. The smallest absolute Gasteiger partial charge is 0.246 e. The van der Waals surface area contributed by atoms with Crippen molar-refractivity contribution in [2.75, 3.05) is 19.7 Å². The summed E-state index contributed by atoms with van der Waals surface area (Å²) in [5.41, 5.74) is 4.05. The van der Waals surface area contributed by atoms with Gasteiger partial charge in [-0.1, -0.05) is 41.9 Å². The molecule has 1 N–H and O–H groups in total. The van der Waals surface area contributed by atoms with E-state index in [4.69, 9.17) is 16.3 Å². The zero-order valence-corrected chi connectivity index (χ0v) is 19.6. The van der Waals surface area contributed by atoms with Gasteiger partial charge in [-0.3, -0.25) is 9.59 Å². The van der Waals surface area contributed by atoms with Crippen LogP contribution in [0.4, 0.5) is 0 Å². The van der Waals surface area contributed by atoms with E-state index in [9.17, 15) is 9.59 Å². The average molecular weight is 466 g/mol. The van der Waals surface area contributed by atoms with E-state index in [0.717, 1.165) is 27.7 Å². The summed E-state index contributed by atoms with van der Waals surface area (Å²) in [7, 11) is 0. The molecule has 2 unspecified atom stereocenters. The van der Waals surface area contributed by atoms with E-state index in [2.05, 4.69) is 11.1 Å². The van der Waals surface area contributed by atoms with Crippen molar-refractivity contribution in [2.24, 2.45) is 0 Å². The van der Waals surface area contributed by atoms with Crippen LogP contribution in [-0.4, -0.2) is 58.4 Å². The van der Waals surface area contributed by atoms with E-state index in [0.29, 0.717) is 31.0 Å². The summed E-state index contributed by atoms with van der Waals surface area (Å²) in [5.74, 6) is -0.0253. The molecule has 2 amide bonds. The summed E-state index contributed by atoms with van der Waals surface area (Å²) in [6.07, 6.45) is 1.37. The molecule has 0 radical (unpaired) electrons. The third-order valence-corrected chi connectivity index (χ3v) is 6.80. The number of H-pyrrole nitrogens is 1.